The maximum absolute atomic E-state index is 12.5. The molecule has 4 rings (SSSR count). The summed E-state index contributed by atoms with van der Waals surface area (Å²) in [6.07, 6.45) is 1.55. The Labute approximate surface area is 167 Å². The van der Waals surface area contributed by atoms with Gasteiger partial charge in [-0.3, -0.25) is 19.3 Å². The molecule has 2 aromatic rings. The summed E-state index contributed by atoms with van der Waals surface area (Å²) in [4.78, 5) is 46.3. The molecule has 0 atom stereocenters. The van der Waals surface area contributed by atoms with Crippen LogP contribution in [0.15, 0.2) is 18.2 Å². The number of nitrogens with zero attached hydrogens (tertiary/aromatic N) is 3. The van der Waals surface area contributed by atoms with Gasteiger partial charge in [-0.15, -0.1) is 11.3 Å². The van der Waals surface area contributed by atoms with Gasteiger partial charge in [-0.1, -0.05) is 11.6 Å². The van der Waals surface area contributed by atoms with Crippen LogP contribution in [0.3, 0.4) is 0 Å². The lowest BCUT2D eigenvalue weighted by Crippen LogP contribution is -2.31. The molecule has 0 bridgehead atoms. The predicted octanol–water partition coefficient (Wildman–Crippen LogP) is 2.45. The summed E-state index contributed by atoms with van der Waals surface area (Å²) < 4.78 is 0. The molecule has 28 heavy (non-hydrogen) atoms. The molecule has 0 aliphatic carbocycles. The zero-order valence-corrected chi connectivity index (χ0v) is 16.8. The van der Waals surface area contributed by atoms with Gasteiger partial charge in [0, 0.05) is 37.4 Å². The Bertz CT molecular complexity index is 968. The van der Waals surface area contributed by atoms with E-state index in [1.165, 1.54) is 21.1 Å². The second-order valence-corrected chi connectivity index (χ2v) is 8.42. The number of carbonyl (C=O) groups excluding carboxylic acids is 3. The number of benzene rings is 1. The summed E-state index contributed by atoms with van der Waals surface area (Å²) in [6.45, 7) is 3.96. The van der Waals surface area contributed by atoms with Crippen molar-refractivity contribution in [3.8, 4) is 0 Å². The monoisotopic (exact) mass is 398 g/mol. The third-order valence-corrected chi connectivity index (χ3v) is 6.08. The van der Waals surface area contributed by atoms with Gasteiger partial charge in [-0.2, -0.15) is 0 Å². The number of likely N-dealkylation sites (N-methyl/N-ethyl adjacent to an activating group) is 1. The van der Waals surface area contributed by atoms with Crippen LogP contribution in [-0.2, 0) is 17.8 Å². The van der Waals surface area contributed by atoms with Gasteiger partial charge in [-0.05, 0) is 32.5 Å². The van der Waals surface area contributed by atoms with Gasteiger partial charge >= 0.3 is 0 Å². The normalized spacial score (nSPS) is 16.3. The van der Waals surface area contributed by atoms with E-state index >= 15 is 0 Å². The third-order valence-electron chi connectivity index (χ3n) is 5.08. The molecule has 2 aliphatic rings. The molecule has 8 heteroatoms. The van der Waals surface area contributed by atoms with Crippen LogP contribution in [0.4, 0.5) is 5.13 Å². The lowest BCUT2D eigenvalue weighted by molar-refractivity contribution is -0.116. The Morgan fingerprint density at radius 3 is 2.86 bits per heavy atom. The standard InChI is InChI=1S/C20H22N4O3S/c1-12-5-6-13-14(10-12)19(27)24(18(13)26)8-3-4-17(25)22-20-21-15-7-9-23(2)11-16(15)28-20/h5-6,10H,3-4,7-9,11H2,1-2H3,(H,21,22,25). The number of rotatable bonds is 5. The van der Waals surface area contributed by atoms with Gasteiger partial charge in [0.25, 0.3) is 11.8 Å². The van der Waals surface area contributed by atoms with Crippen molar-refractivity contribution in [1.29, 1.82) is 0 Å². The van der Waals surface area contributed by atoms with E-state index in [2.05, 4.69) is 22.2 Å². The van der Waals surface area contributed by atoms with Gasteiger partial charge in [0.05, 0.1) is 16.8 Å². The van der Waals surface area contributed by atoms with Gasteiger partial charge in [0.1, 0.15) is 0 Å². The number of carbonyl (C=O) groups is 3. The lowest BCUT2D eigenvalue weighted by Gasteiger charge is -2.20. The van der Waals surface area contributed by atoms with E-state index in [9.17, 15) is 14.4 Å². The second kappa shape index (κ2) is 7.44. The van der Waals surface area contributed by atoms with Crippen molar-refractivity contribution in [3.05, 3.63) is 45.5 Å². The summed E-state index contributed by atoms with van der Waals surface area (Å²) in [5.41, 5.74) is 2.91. The highest BCUT2D eigenvalue weighted by Crippen LogP contribution is 2.28. The molecule has 0 saturated heterocycles. The summed E-state index contributed by atoms with van der Waals surface area (Å²) >= 11 is 1.52. The summed E-state index contributed by atoms with van der Waals surface area (Å²) in [6, 6.07) is 5.26. The molecule has 1 N–H and O–H groups in total. The number of aromatic nitrogens is 1. The second-order valence-electron chi connectivity index (χ2n) is 7.34. The first-order valence-electron chi connectivity index (χ1n) is 9.36. The van der Waals surface area contributed by atoms with E-state index in [1.807, 2.05) is 13.0 Å². The van der Waals surface area contributed by atoms with Crippen LogP contribution in [0, 0.1) is 6.92 Å². The maximum atomic E-state index is 12.5. The van der Waals surface area contributed by atoms with Crippen LogP contribution in [0.1, 0.15) is 49.7 Å². The lowest BCUT2D eigenvalue weighted by atomic mass is 10.1. The molecule has 1 aromatic carbocycles. The average molecular weight is 398 g/mol. The highest BCUT2D eigenvalue weighted by molar-refractivity contribution is 7.15. The first-order chi connectivity index (χ1) is 13.4. The molecular formula is C20H22N4O3S. The average Bonchev–Trinajstić information content (AvgIpc) is 3.14. The number of imide groups is 1. The van der Waals surface area contributed by atoms with E-state index in [0.29, 0.717) is 22.7 Å². The molecule has 7 nitrogen and oxygen atoms in total. The van der Waals surface area contributed by atoms with Crippen molar-refractivity contribution in [2.45, 2.75) is 32.7 Å². The maximum Gasteiger partial charge on any atom is 0.261 e. The first-order valence-corrected chi connectivity index (χ1v) is 10.2. The minimum atomic E-state index is -0.280. The SMILES string of the molecule is Cc1ccc2c(c1)C(=O)N(CCCC(=O)Nc1nc3c(s1)CN(C)CC3)C2=O. The fourth-order valence-corrected chi connectivity index (χ4v) is 4.67. The Hall–Kier alpha value is -2.58. The number of fused-ring (bicyclic) bond motifs is 2. The van der Waals surface area contributed by atoms with Gasteiger partial charge in [0.2, 0.25) is 5.91 Å². The molecule has 0 fully saturated rings. The molecular weight excluding hydrogens is 376 g/mol. The highest BCUT2D eigenvalue weighted by atomic mass is 32.1. The number of anilines is 1. The number of aryl methyl sites for hydroxylation is 1. The first kappa shape index (κ1) is 18.8. The number of amides is 3. The van der Waals surface area contributed by atoms with E-state index in [0.717, 1.165) is 30.8 Å². The van der Waals surface area contributed by atoms with Crippen molar-refractivity contribution in [2.75, 3.05) is 25.5 Å². The van der Waals surface area contributed by atoms with Crippen LogP contribution in [0.5, 0.6) is 0 Å². The topological polar surface area (TPSA) is 82.6 Å². The largest absolute Gasteiger partial charge is 0.302 e. The Morgan fingerprint density at radius 2 is 2.04 bits per heavy atom. The molecule has 0 radical (unpaired) electrons. The van der Waals surface area contributed by atoms with Crippen molar-refractivity contribution < 1.29 is 14.4 Å². The summed E-state index contributed by atoms with van der Waals surface area (Å²) in [5, 5.41) is 3.47. The van der Waals surface area contributed by atoms with E-state index in [1.54, 1.807) is 12.1 Å². The van der Waals surface area contributed by atoms with Gasteiger partial charge in [-0.25, -0.2) is 4.98 Å². The van der Waals surface area contributed by atoms with Gasteiger partial charge < -0.3 is 10.2 Å². The number of nitrogens with one attached hydrogen (secondary N) is 1. The van der Waals surface area contributed by atoms with Crippen LogP contribution in [0.2, 0.25) is 0 Å². The fraction of sp³-hybridized carbons (Fsp3) is 0.400. The van der Waals surface area contributed by atoms with Crippen LogP contribution < -0.4 is 5.32 Å². The zero-order valence-electron chi connectivity index (χ0n) is 15.9. The Kier molecular flexibility index (Phi) is 4.99. The predicted molar refractivity (Wildman–Crippen MR) is 107 cm³/mol. The fourth-order valence-electron chi connectivity index (χ4n) is 3.56. The molecule has 0 saturated carbocycles. The smallest absolute Gasteiger partial charge is 0.261 e. The molecule has 2 aliphatic heterocycles. The van der Waals surface area contributed by atoms with Crippen LogP contribution in [-0.4, -0.2) is 52.6 Å². The van der Waals surface area contributed by atoms with E-state index < -0.39 is 0 Å². The van der Waals surface area contributed by atoms with Gasteiger partial charge in [0.15, 0.2) is 5.13 Å². The Balaban J connectivity index is 1.30. The van der Waals surface area contributed by atoms with E-state index in [-0.39, 0.29) is 30.7 Å². The van der Waals surface area contributed by atoms with E-state index in [4.69, 9.17) is 0 Å². The Morgan fingerprint density at radius 1 is 1.25 bits per heavy atom. The molecule has 0 spiro atoms. The highest BCUT2D eigenvalue weighted by Gasteiger charge is 2.35. The molecule has 1 aromatic heterocycles. The van der Waals surface area contributed by atoms with Crippen molar-refractivity contribution in [2.24, 2.45) is 0 Å². The van der Waals surface area contributed by atoms with Crippen LogP contribution >= 0.6 is 11.3 Å². The molecule has 3 heterocycles. The zero-order chi connectivity index (χ0) is 19.8. The van der Waals surface area contributed by atoms with Crippen molar-refractivity contribution >= 4 is 34.2 Å². The quantitative estimate of drug-likeness (QED) is 0.783. The van der Waals surface area contributed by atoms with Crippen molar-refractivity contribution in [1.82, 2.24) is 14.8 Å². The molecule has 0 unspecified atom stereocenters. The minimum Gasteiger partial charge on any atom is -0.302 e. The number of hydrogen-bond donors (Lipinski definition) is 1. The minimum absolute atomic E-state index is 0.146. The number of hydrogen-bond acceptors (Lipinski definition) is 6. The summed E-state index contributed by atoms with van der Waals surface area (Å²) in [7, 11) is 2.07. The number of thiazole rings is 1. The molecule has 3 amide bonds. The van der Waals surface area contributed by atoms with Crippen molar-refractivity contribution in [3.63, 3.8) is 0 Å². The molecule has 146 valence electrons. The third kappa shape index (κ3) is 3.57. The summed E-state index contributed by atoms with van der Waals surface area (Å²) in [5.74, 6) is -0.704. The van der Waals surface area contributed by atoms with Crippen LogP contribution in [0.25, 0.3) is 0 Å².